The van der Waals surface area contributed by atoms with Gasteiger partial charge in [0.25, 0.3) is 0 Å². The van der Waals surface area contributed by atoms with E-state index in [0.29, 0.717) is 25.3 Å². The van der Waals surface area contributed by atoms with Crippen LogP contribution in [0.15, 0.2) is 0 Å². The zero-order valence-corrected chi connectivity index (χ0v) is 9.82. The minimum absolute atomic E-state index is 0.204. The number of nitrogens with zero attached hydrogens (tertiary/aromatic N) is 2. The molecule has 2 rings (SSSR count). The van der Waals surface area contributed by atoms with Gasteiger partial charge in [0, 0.05) is 19.9 Å². The van der Waals surface area contributed by atoms with Crippen molar-refractivity contribution in [3.63, 3.8) is 0 Å². The molecule has 1 aromatic rings. The highest BCUT2D eigenvalue weighted by atomic mass is 16.5. The van der Waals surface area contributed by atoms with Crippen LogP contribution >= 0.6 is 0 Å². The number of Topliss-reactive ketones (excluding diaryl/α,β-unsaturated/α-hetero) is 1. The Morgan fingerprint density at radius 1 is 1.56 bits per heavy atom. The highest BCUT2D eigenvalue weighted by molar-refractivity contribution is 5.79. The predicted octanol–water partition coefficient (Wildman–Crippen LogP) is 1.16. The molecule has 0 bridgehead atoms. The Kier molecular flexibility index (Phi) is 2.96. The maximum Gasteiger partial charge on any atom is 0.217 e. The summed E-state index contributed by atoms with van der Waals surface area (Å²) in [7, 11) is 3.42. The Labute approximate surface area is 94.3 Å². The summed E-state index contributed by atoms with van der Waals surface area (Å²) in [6, 6.07) is 0. The largest absolute Gasteiger partial charge is 0.481 e. The molecule has 1 fully saturated rings. The van der Waals surface area contributed by atoms with Gasteiger partial charge in [-0.15, -0.1) is 0 Å². The van der Waals surface area contributed by atoms with Gasteiger partial charge in [-0.2, -0.15) is 5.10 Å². The van der Waals surface area contributed by atoms with Crippen molar-refractivity contribution in [2.75, 3.05) is 13.7 Å². The molecule has 0 aliphatic carbocycles. The number of hydrogen-bond donors (Lipinski definition) is 0. The van der Waals surface area contributed by atoms with Gasteiger partial charge in [0.1, 0.15) is 5.78 Å². The molecule has 1 aromatic heterocycles. The van der Waals surface area contributed by atoms with Crippen molar-refractivity contribution in [1.82, 2.24) is 9.78 Å². The number of carbonyl (C=O) groups excluding carboxylic acids is 1. The highest BCUT2D eigenvalue weighted by Crippen LogP contribution is 2.34. The van der Waals surface area contributed by atoms with Crippen LogP contribution in [0.2, 0.25) is 0 Å². The number of carbonyl (C=O) groups is 1. The summed E-state index contributed by atoms with van der Waals surface area (Å²) >= 11 is 0. The second kappa shape index (κ2) is 4.25. The highest BCUT2D eigenvalue weighted by Gasteiger charge is 2.28. The van der Waals surface area contributed by atoms with Crippen LogP contribution in [0.4, 0.5) is 0 Å². The Morgan fingerprint density at radius 2 is 2.31 bits per heavy atom. The second-order valence-corrected chi connectivity index (χ2v) is 3.98. The van der Waals surface area contributed by atoms with Gasteiger partial charge >= 0.3 is 0 Å². The third-order valence-electron chi connectivity index (χ3n) is 2.84. The first-order valence-electron chi connectivity index (χ1n) is 5.34. The number of ether oxygens (including phenoxy) is 2. The molecule has 1 unspecified atom stereocenters. The summed E-state index contributed by atoms with van der Waals surface area (Å²) in [5.74, 6) is 0.916. The summed E-state index contributed by atoms with van der Waals surface area (Å²) < 4.78 is 12.6. The summed E-state index contributed by atoms with van der Waals surface area (Å²) in [5, 5.41) is 4.28. The van der Waals surface area contributed by atoms with Crippen LogP contribution < -0.4 is 4.74 Å². The lowest BCUT2D eigenvalue weighted by molar-refractivity contribution is -0.128. The molecular formula is C11H16N2O3. The molecule has 2 heterocycles. The van der Waals surface area contributed by atoms with E-state index in [1.54, 1.807) is 11.8 Å². The van der Waals surface area contributed by atoms with Crippen molar-refractivity contribution >= 4 is 5.78 Å². The normalized spacial score (nSPS) is 21.2. The van der Waals surface area contributed by atoms with Gasteiger partial charge in [0.2, 0.25) is 5.88 Å². The molecule has 1 saturated heterocycles. The molecule has 5 heteroatoms. The van der Waals surface area contributed by atoms with Gasteiger partial charge in [-0.25, -0.2) is 4.68 Å². The van der Waals surface area contributed by atoms with Gasteiger partial charge in [-0.05, 0) is 6.92 Å². The Morgan fingerprint density at radius 3 is 2.94 bits per heavy atom. The SMILES string of the molecule is COc1c(C2CC(=O)CCO2)c(C)nn1C. The number of hydrogen-bond acceptors (Lipinski definition) is 4. The Balaban J connectivity index is 2.34. The van der Waals surface area contributed by atoms with Crippen molar-refractivity contribution < 1.29 is 14.3 Å². The summed E-state index contributed by atoms with van der Waals surface area (Å²) in [6.45, 7) is 2.39. The molecule has 5 nitrogen and oxygen atoms in total. The first kappa shape index (κ1) is 11.1. The smallest absolute Gasteiger partial charge is 0.217 e. The second-order valence-electron chi connectivity index (χ2n) is 3.98. The lowest BCUT2D eigenvalue weighted by Gasteiger charge is -2.22. The number of rotatable bonds is 2. The minimum Gasteiger partial charge on any atom is -0.481 e. The minimum atomic E-state index is -0.204. The zero-order valence-electron chi connectivity index (χ0n) is 9.82. The van der Waals surface area contributed by atoms with Gasteiger partial charge in [-0.3, -0.25) is 4.79 Å². The van der Waals surface area contributed by atoms with Crippen LogP contribution in [-0.4, -0.2) is 29.3 Å². The Bertz CT molecular complexity index is 412. The fourth-order valence-electron chi connectivity index (χ4n) is 2.13. The van der Waals surface area contributed by atoms with Crippen molar-refractivity contribution in [2.45, 2.75) is 25.9 Å². The number of ketones is 1. The van der Waals surface area contributed by atoms with Crippen LogP contribution in [0.5, 0.6) is 5.88 Å². The van der Waals surface area contributed by atoms with Gasteiger partial charge in [0.05, 0.1) is 31.1 Å². The lowest BCUT2D eigenvalue weighted by atomic mass is 10.0. The standard InChI is InChI=1S/C11H16N2O3/c1-7-10(11(15-3)13(2)12-7)9-6-8(14)4-5-16-9/h9H,4-6H2,1-3H3. The molecule has 0 N–H and O–H groups in total. The average molecular weight is 224 g/mol. The van der Waals surface area contributed by atoms with Crippen LogP contribution in [-0.2, 0) is 16.6 Å². The molecule has 0 amide bonds. The van der Waals surface area contributed by atoms with Crippen LogP contribution in [0.3, 0.4) is 0 Å². The number of methoxy groups -OCH3 is 1. The van der Waals surface area contributed by atoms with E-state index in [1.807, 2.05) is 14.0 Å². The monoisotopic (exact) mass is 224 g/mol. The molecule has 0 saturated carbocycles. The van der Waals surface area contributed by atoms with Crippen LogP contribution in [0.1, 0.15) is 30.2 Å². The van der Waals surface area contributed by atoms with Crippen LogP contribution in [0.25, 0.3) is 0 Å². The van der Waals surface area contributed by atoms with E-state index >= 15 is 0 Å². The maximum absolute atomic E-state index is 11.4. The van der Waals surface area contributed by atoms with E-state index in [2.05, 4.69) is 5.10 Å². The first-order chi connectivity index (χ1) is 7.63. The third-order valence-corrected chi connectivity index (χ3v) is 2.84. The summed E-state index contributed by atoms with van der Waals surface area (Å²) in [4.78, 5) is 11.4. The molecule has 0 aromatic carbocycles. The van der Waals surface area contributed by atoms with Gasteiger partial charge < -0.3 is 9.47 Å². The predicted molar refractivity (Wildman–Crippen MR) is 57.4 cm³/mol. The molecule has 88 valence electrons. The zero-order chi connectivity index (χ0) is 11.7. The summed E-state index contributed by atoms with van der Waals surface area (Å²) in [5.41, 5.74) is 1.76. The maximum atomic E-state index is 11.4. The van der Waals surface area contributed by atoms with Crippen molar-refractivity contribution in [2.24, 2.45) is 7.05 Å². The fourth-order valence-corrected chi connectivity index (χ4v) is 2.13. The topological polar surface area (TPSA) is 53.4 Å². The third kappa shape index (κ3) is 1.82. The fraction of sp³-hybridized carbons (Fsp3) is 0.636. The lowest BCUT2D eigenvalue weighted by Crippen LogP contribution is -2.20. The molecule has 1 aliphatic rings. The number of aryl methyl sites for hydroxylation is 2. The quantitative estimate of drug-likeness (QED) is 0.756. The van der Waals surface area contributed by atoms with E-state index < -0.39 is 0 Å². The van der Waals surface area contributed by atoms with E-state index in [-0.39, 0.29) is 11.9 Å². The van der Waals surface area contributed by atoms with E-state index in [1.165, 1.54) is 0 Å². The summed E-state index contributed by atoms with van der Waals surface area (Å²) in [6.07, 6.45) is 0.728. The van der Waals surface area contributed by atoms with Gasteiger partial charge in [0.15, 0.2) is 0 Å². The molecule has 1 atom stereocenters. The van der Waals surface area contributed by atoms with Crippen molar-refractivity contribution in [3.05, 3.63) is 11.3 Å². The van der Waals surface area contributed by atoms with Crippen molar-refractivity contribution in [3.8, 4) is 5.88 Å². The molecule has 1 aliphatic heterocycles. The van der Waals surface area contributed by atoms with E-state index in [9.17, 15) is 4.79 Å². The molecule has 16 heavy (non-hydrogen) atoms. The Hall–Kier alpha value is -1.36. The first-order valence-corrected chi connectivity index (χ1v) is 5.34. The van der Waals surface area contributed by atoms with Crippen LogP contribution in [0, 0.1) is 6.92 Å². The average Bonchev–Trinajstić information content (AvgIpc) is 2.52. The van der Waals surface area contributed by atoms with E-state index in [0.717, 1.165) is 11.3 Å². The van der Waals surface area contributed by atoms with Gasteiger partial charge in [-0.1, -0.05) is 0 Å². The number of aromatic nitrogens is 2. The van der Waals surface area contributed by atoms with E-state index in [4.69, 9.17) is 9.47 Å². The molecule has 0 spiro atoms. The van der Waals surface area contributed by atoms with Crippen molar-refractivity contribution in [1.29, 1.82) is 0 Å². The molecular weight excluding hydrogens is 208 g/mol. The molecule has 0 radical (unpaired) electrons.